The first-order valence-corrected chi connectivity index (χ1v) is 9.18. The van der Waals surface area contributed by atoms with Crippen molar-refractivity contribution in [2.75, 3.05) is 37.8 Å². The van der Waals surface area contributed by atoms with Gasteiger partial charge in [0, 0.05) is 30.4 Å². The summed E-state index contributed by atoms with van der Waals surface area (Å²) in [6.45, 7) is 5.90. The molecule has 0 aliphatic rings. The smallest absolute Gasteiger partial charge is 0.225 e. The van der Waals surface area contributed by atoms with Crippen molar-refractivity contribution in [3.8, 4) is 11.3 Å². The average Bonchev–Trinajstić information content (AvgIpc) is 2.64. The molecular weight excluding hydrogens is 334 g/mol. The Labute approximate surface area is 161 Å². The number of rotatable bonds is 7. The van der Waals surface area contributed by atoms with Crippen molar-refractivity contribution >= 4 is 17.5 Å². The molecule has 0 radical (unpaired) electrons. The lowest BCUT2D eigenvalue weighted by Crippen LogP contribution is -2.21. The predicted molar refractivity (Wildman–Crippen MR) is 114 cm³/mol. The summed E-state index contributed by atoms with van der Waals surface area (Å²) in [6.07, 6.45) is 0. The normalized spacial score (nSPS) is 10.9. The predicted octanol–water partition coefficient (Wildman–Crippen LogP) is 4.48. The van der Waals surface area contributed by atoms with E-state index in [4.69, 9.17) is 4.98 Å². The lowest BCUT2D eigenvalue weighted by Gasteiger charge is -2.14. The third-order valence-electron chi connectivity index (χ3n) is 4.28. The van der Waals surface area contributed by atoms with Gasteiger partial charge in [0.25, 0.3) is 0 Å². The Morgan fingerprint density at radius 2 is 1.70 bits per heavy atom. The van der Waals surface area contributed by atoms with Gasteiger partial charge in [0.15, 0.2) is 0 Å². The molecule has 1 aromatic heterocycles. The standard InChI is InChI=1S/C22H27N5/c1-16-10-11-19(17(2)14-16)24-21-15-20(18-8-6-5-7-9-18)25-22(26-21)23-12-13-27(3)4/h5-11,14-15H,12-13H2,1-4H3,(H2,23,24,25,26). The minimum absolute atomic E-state index is 0.630. The van der Waals surface area contributed by atoms with Gasteiger partial charge < -0.3 is 15.5 Å². The highest BCUT2D eigenvalue weighted by atomic mass is 15.2. The molecule has 1 heterocycles. The van der Waals surface area contributed by atoms with Crippen LogP contribution in [0.1, 0.15) is 11.1 Å². The van der Waals surface area contributed by atoms with Crippen LogP contribution in [0.5, 0.6) is 0 Å². The first-order chi connectivity index (χ1) is 13.0. The fourth-order valence-corrected chi connectivity index (χ4v) is 2.83. The molecular formula is C22H27N5. The topological polar surface area (TPSA) is 53.1 Å². The van der Waals surface area contributed by atoms with Crippen molar-refractivity contribution in [3.63, 3.8) is 0 Å². The lowest BCUT2D eigenvalue weighted by atomic mass is 10.1. The molecule has 0 aliphatic heterocycles. The van der Waals surface area contributed by atoms with Crippen LogP contribution in [-0.4, -0.2) is 42.1 Å². The fraction of sp³-hybridized carbons (Fsp3) is 0.273. The van der Waals surface area contributed by atoms with E-state index in [0.717, 1.165) is 35.9 Å². The van der Waals surface area contributed by atoms with Gasteiger partial charge in [-0.3, -0.25) is 0 Å². The largest absolute Gasteiger partial charge is 0.353 e. The van der Waals surface area contributed by atoms with Crippen molar-refractivity contribution in [2.24, 2.45) is 0 Å². The maximum atomic E-state index is 4.70. The number of hydrogen-bond donors (Lipinski definition) is 2. The van der Waals surface area contributed by atoms with Crippen LogP contribution in [0.15, 0.2) is 54.6 Å². The summed E-state index contributed by atoms with van der Waals surface area (Å²) in [5.74, 6) is 1.41. The Morgan fingerprint density at radius 1 is 0.926 bits per heavy atom. The zero-order valence-corrected chi connectivity index (χ0v) is 16.5. The summed E-state index contributed by atoms with van der Waals surface area (Å²) in [7, 11) is 4.10. The average molecular weight is 361 g/mol. The maximum absolute atomic E-state index is 4.70. The highest BCUT2D eigenvalue weighted by Crippen LogP contribution is 2.25. The Morgan fingerprint density at radius 3 is 2.41 bits per heavy atom. The second kappa shape index (κ2) is 8.64. The molecule has 140 valence electrons. The molecule has 27 heavy (non-hydrogen) atoms. The van der Waals surface area contributed by atoms with Crippen LogP contribution < -0.4 is 10.6 Å². The third-order valence-corrected chi connectivity index (χ3v) is 4.28. The highest BCUT2D eigenvalue weighted by Gasteiger charge is 2.08. The molecule has 0 amide bonds. The number of anilines is 3. The first kappa shape index (κ1) is 18.9. The van der Waals surface area contributed by atoms with Gasteiger partial charge in [0.05, 0.1) is 5.69 Å². The van der Waals surface area contributed by atoms with Gasteiger partial charge in [-0.25, -0.2) is 4.98 Å². The highest BCUT2D eigenvalue weighted by molar-refractivity contribution is 5.68. The van der Waals surface area contributed by atoms with Gasteiger partial charge in [0.1, 0.15) is 5.82 Å². The van der Waals surface area contributed by atoms with Crippen molar-refractivity contribution in [2.45, 2.75) is 13.8 Å². The number of nitrogens with zero attached hydrogens (tertiary/aromatic N) is 3. The van der Waals surface area contributed by atoms with E-state index < -0.39 is 0 Å². The van der Waals surface area contributed by atoms with E-state index in [1.807, 2.05) is 24.3 Å². The summed E-state index contributed by atoms with van der Waals surface area (Å²) in [5.41, 5.74) is 5.45. The maximum Gasteiger partial charge on any atom is 0.225 e. The third kappa shape index (κ3) is 5.28. The lowest BCUT2D eigenvalue weighted by molar-refractivity contribution is 0.425. The van der Waals surface area contributed by atoms with Crippen molar-refractivity contribution < 1.29 is 0 Å². The summed E-state index contributed by atoms with van der Waals surface area (Å²) in [4.78, 5) is 11.5. The molecule has 2 aromatic carbocycles. The van der Waals surface area contributed by atoms with Gasteiger partial charge in [-0.15, -0.1) is 0 Å². The summed E-state index contributed by atoms with van der Waals surface area (Å²) >= 11 is 0. The van der Waals surface area contributed by atoms with Crippen LogP contribution in [0.4, 0.5) is 17.5 Å². The van der Waals surface area contributed by atoms with Gasteiger partial charge in [0.2, 0.25) is 5.95 Å². The fourth-order valence-electron chi connectivity index (χ4n) is 2.83. The number of nitrogens with one attached hydrogen (secondary N) is 2. The molecule has 0 saturated carbocycles. The number of benzene rings is 2. The molecule has 0 fully saturated rings. The molecule has 0 atom stereocenters. The first-order valence-electron chi connectivity index (χ1n) is 9.18. The van der Waals surface area contributed by atoms with Crippen molar-refractivity contribution in [1.82, 2.24) is 14.9 Å². The molecule has 3 rings (SSSR count). The molecule has 0 bridgehead atoms. The van der Waals surface area contributed by atoms with Gasteiger partial charge in [-0.05, 0) is 39.6 Å². The zero-order valence-electron chi connectivity index (χ0n) is 16.5. The second-order valence-electron chi connectivity index (χ2n) is 7.00. The van der Waals surface area contributed by atoms with E-state index >= 15 is 0 Å². The summed E-state index contributed by atoms with van der Waals surface area (Å²) in [6, 6.07) is 18.5. The SMILES string of the molecule is Cc1ccc(Nc2cc(-c3ccccc3)nc(NCCN(C)C)n2)c(C)c1. The Hall–Kier alpha value is -2.92. The number of aromatic nitrogens is 2. The monoisotopic (exact) mass is 361 g/mol. The van der Waals surface area contributed by atoms with Crippen molar-refractivity contribution in [1.29, 1.82) is 0 Å². The second-order valence-corrected chi connectivity index (χ2v) is 7.00. The number of aryl methyl sites for hydroxylation is 2. The van der Waals surface area contributed by atoms with Crippen molar-refractivity contribution in [3.05, 3.63) is 65.7 Å². The van der Waals surface area contributed by atoms with E-state index in [-0.39, 0.29) is 0 Å². The van der Waals surface area contributed by atoms with Gasteiger partial charge >= 0.3 is 0 Å². The molecule has 2 N–H and O–H groups in total. The van der Waals surface area contributed by atoms with Crippen LogP contribution in [0.2, 0.25) is 0 Å². The summed E-state index contributed by atoms with van der Waals surface area (Å²) in [5, 5.41) is 6.78. The molecule has 0 unspecified atom stereocenters. The minimum atomic E-state index is 0.630. The van der Waals surface area contributed by atoms with E-state index in [1.165, 1.54) is 11.1 Å². The molecule has 5 heteroatoms. The van der Waals surface area contributed by atoms with Gasteiger partial charge in [-0.2, -0.15) is 4.98 Å². The molecule has 0 saturated heterocycles. The molecule has 3 aromatic rings. The van der Waals surface area contributed by atoms with Crippen LogP contribution in [0, 0.1) is 13.8 Å². The molecule has 0 spiro atoms. The van der Waals surface area contributed by atoms with Crippen LogP contribution in [0.3, 0.4) is 0 Å². The van der Waals surface area contributed by atoms with Crippen LogP contribution >= 0.6 is 0 Å². The van der Waals surface area contributed by atoms with E-state index in [1.54, 1.807) is 0 Å². The van der Waals surface area contributed by atoms with E-state index in [9.17, 15) is 0 Å². The zero-order chi connectivity index (χ0) is 19.2. The quantitative estimate of drug-likeness (QED) is 0.650. The van der Waals surface area contributed by atoms with E-state index in [0.29, 0.717) is 5.95 Å². The Kier molecular flexibility index (Phi) is 6.04. The molecule has 5 nitrogen and oxygen atoms in total. The minimum Gasteiger partial charge on any atom is -0.353 e. The molecule has 0 aliphatic carbocycles. The Bertz CT molecular complexity index is 890. The van der Waals surface area contributed by atoms with Gasteiger partial charge in [-0.1, -0.05) is 48.0 Å². The van der Waals surface area contributed by atoms with E-state index in [2.05, 4.69) is 78.8 Å². The van der Waals surface area contributed by atoms with Crippen LogP contribution in [0.25, 0.3) is 11.3 Å². The number of likely N-dealkylation sites (N-methyl/N-ethyl adjacent to an activating group) is 1. The number of hydrogen-bond acceptors (Lipinski definition) is 5. The summed E-state index contributed by atoms with van der Waals surface area (Å²) < 4.78 is 0. The Balaban J connectivity index is 1.91. The van der Waals surface area contributed by atoms with Crippen LogP contribution in [-0.2, 0) is 0 Å².